The van der Waals surface area contributed by atoms with E-state index in [2.05, 4.69) is 5.32 Å². The molecule has 2 rings (SSSR count). The molecule has 1 aliphatic rings. The van der Waals surface area contributed by atoms with Gasteiger partial charge in [0.2, 0.25) is 5.82 Å². The van der Waals surface area contributed by atoms with Gasteiger partial charge < -0.3 is 10.1 Å². The number of methoxy groups -OCH3 is 1. The summed E-state index contributed by atoms with van der Waals surface area (Å²) in [5, 5.41) is 2.61. The summed E-state index contributed by atoms with van der Waals surface area (Å²) in [7, 11) is 1.72. The Morgan fingerprint density at radius 3 is 2.70 bits per heavy atom. The van der Waals surface area contributed by atoms with Crippen LogP contribution in [-0.4, -0.2) is 35.3 Å². The van der Waals surface area contributed by atoms with Crippen molar-refractivity contribution in [3.63, 3.8) is 0 Å². The summed E-state index contributed by atoms with van der Waals surface area (Å²) in [5.74, 6) is -0.462. The summed E-state index contributed by atoms with van der Waals surface area (Å²) in [6.07, 6.45) is 4.99. The number of hydrogen-bond acceptors (Lipinski definition) is 4. The number of carbonyl (C=O) groups excluding carboxylic acids is 1. The molecule has 1 unspecified atom stereocenters. The van der Waals surface area contributed by atoms with E-state index in [1.807, 2.05) is 6.92 Å². The Hall–Kier alpha value is -1.96. The first-order valence-electron chi connectivity index (χ1n) is 7.74. The molecule has 0 saturated heterocycles. The van der Waals surface area contributed by atoms with Crippen LogP contribution < -0.4 is 16.6 Å². The molecule has 1 aromatic heterocycles. The number of aromatic amines is 1. The third-order valence-electron chi connectivity index (χ3n) is 4.55. The molecular weight excluding hydrogens is 305 g/mol. The van der Waals surface area contributed by atoms with E-state index >= 15 is 0 Å². The van der Waals surface area contributed by atoms with Crippen molar-refractivity contribution < 1.29 is 13.9 Å². The number of carbonyl (C=O) groups is 1. The number of amides is 1. The highest BCUT2D eigenvalue weighted by Gasteiger charge is 2.25. The lowest BCUT2D eigenvalue weighted by Gasteiger charge is -2.31. The van der Waals surface area contributed by atoms with Crippen LogP contribution in [0.25, 0.3) is 0 Å². The second-order valence-electron chi connectivity index (χ2n) is 6.04. The fourth-order valence-electron chi connectivity index (χ4n) is 2.99. The molecule has 0 aliphatic heterocycles. The Labute approximate surface area is 132 Å². The fourth-order valence-corrected chi connectivity index (χ4v) is 2.99. The second kappa shape index (κ2) is 7.54. The van der Waals surface area contributed by atoms with E-state index in [0.29, 0.717) is 29.3 Å². The molecule has 0 spiro atoms. The minimum Gasteiger partial charge on any atom is -0.381 e. The predicted molar refractivity (Wildman–Crippen MR) is 82.0 cm³/mol. The van der Waals surface area contributed by atoms with Gasteiger partial charge in [0, 0.05) is 13.7 Å². The molecule has 0 bridgehead atoms. The number of aromatic nitrogens is 2. The average molecular weight is 327 g/mol. The number of nitrogens with one attached hydrogen (secondary N) is 2. The van der Waals surface area contributed by atoms with Crippen molar-refractivity contribution in [3.05, 3.63) is 32.9 Å². The molecule has 7 nitrogen and oxygen atoms in total. The zero-order valence-electron chi connectivity index (χ0n) is 13.3. The van der Waals surface area contributed by atoms with Crippen molar-refractivity contribution in [1.29, 1.82) is 0 Å². The van der Waals surface area contributed by atoms with Crippen molar-refractivity contribution in [1.82, 2.24) is 14.9 Å². The zero-order chi connectivity index (χ0) is 17.0. The first-order valence-corrected chi connectivity index (χ1v) is 7.74. The molecule has 1 saturated carbocycles. The Kier molecular flexibility index (Phi) is 5.70. The molecule has 1 aromatic rings. The maximum Gasteiger partial charge on any atom is 0.336 e. The van der Waals surface area contributed by atoms with Crippen molar-refractivity contribution in [2.24, 2.45) is 11.8 Å². The van der Waals surface area contributed by atoms with Crippen LogP contribution in [0.2, 0.25) is 0 Å². The normalized spacial score (nSPS) is 22.6. The fraction of sp³-hybridized carbons (Fsp3) is 0.667. The van der Waals surface area contributed by atoms with Gasteiger partial charge in [0.05, 0.1) is 12.3 Å². The van der Waals surface area contributed by atoms with Gasteiger partial charge in [0.1, 0.15) is 0 Å². The largest absolute Gasteiger partial charge is 0.381 e. The maximum atomic E-state index is 13.2. The van der Waals surface area contributed by atoms with Crippen LogP contribution in [-0.2, 0) is 4.74 Å². The van der Waals surface area contributed by atoms with Gasteiger partial charge in [-0.3, -0.25) is 9.78 Å². The van der Waals surface area contributed by atoms with Gasteiger partial charge in [-0.1, -0.05) is 6.92 Å². The monoisotopic (exact) mass is 327 g/mol. The van der Waals surface area contributed by atoms with E-state index in [1.54, 1.807) is 12.1 Å². The number of nitrogens with zero attached hydrogens (tertiary/aromatic N) is 1. The lowest BCUT2D eigenvalue weighted by Crippen LogP contribution is -2.42. The number of H-pyrrole nitrogens is 1. The second-order valence-corrected chi connectivity index (χ2v) is 6.04. The Morgan fingerprint density at radius 1 is 1.43 bits per heavy atom. The number of hydrogen-bond donors (Lipinski definition) is 2. The van der Waals surface area contributed by atoms with Gasteiger partial charge in [-0.15, -0.1) is 0 Å². The van der Waals surface area contributed by atoms with E-state index in [4.69, 9.17) is 4.74 Å². The van der Waals surface area contributed by atoms with Crippen LogP contribution >= 0.6 is 0 Å². The molecular formula is C15H22FN3O4. The molecule has 0 radical (unpaired) electrons. The van der Waals surface area contributed by atoms with Crippen LogP contribution in [0.4, 0.5) is 9.18 Å². The van der Waals surface area contributed by atoms with Crippen LogP contribution in [0.5, 0.6) is 0 Å². The quantitative estimate of drug-likeness (QED) is 0.865. The van der Waals surface area contributed by atoms with E-state index in [0.717, 1.165) is 25.7 Å². The molecule has 1 aliphatic carbocycles. The van der Waals surface area contributed by atoms with Crippen LogP contribution in [0.3, 0.4) is 0 Å². The Balaban J connectivity index is 1.91. The lowest BCUT2D eigenvalue weighted by molar-refractivity contribution is 0.0481. The van der Waals surface area contributed by atoms with Crippen molar-refractivity contribution in [2.75, 3.05) is 13.7 Å². The third-order valence-corrected chi connectivity index (χ3v) is 4.55. The summed E-state index contributed by atoms with van der Waals surface area (Å²) < 4.78 is 19.1. The minimum atomic E-state index is -1.18. The minimum absolute atomic E-state index is 0.236. The maximum absolute atomic E-state index is 13.2. The molecule has 1 heterocycles. The molecule has 23 heavy (non-hydrogen) atoms. The van der Waals surface area contributed by atoms with E-state index in [9.17, 15) is 18.8 Å². The van der Waals surface area contributed by atoms with E-state index < -0.39 is 23.1 Å². The van der Waals surface area contributed by atoms with Gasteiger partial charge in [0.25, 0.3) is 5.56 Å². The van der Waals surface area contributed by atoms with Gasteiger partial charge in [-0.05, 0) is 37.5 Å². The smallest absolute Gasteiger partial charge is 0.336 e. The molecule has 1 atom stereocenters. The number of ether oxygens (including phenoxy) is 1. The van der Waals surface area contributed by atoms with Gasteiger partial charge in [-0.2, -0.15) is 4.39 Å². The molecule has 2 N–H and O–H groups in total. The Morgan fingerprint density at radius 2 is 2.09 bits per heavy atom. The molecule has 0 aromatic carbocycles. The predicted octanol–water partition coefficient (Wildman–Crippen LogP) is 1.07. The summed E-state index contributed by atoms with van der Waals surface area (Å²) in [5.41, 5.74) is -2.09. The third kappa shape index (κ3) is 4.28. The van der Waals surface area contributed by atoms with Crippen molar-refractivity contribution >= 4 is 6.03 Å². The SMILES string of the molecule is COC1CCC(C(C)CNC(=O)n2cc(F)c(=O)[nH]c2=O)CC1. The highest BCUT2D eigenvalue weighted by molar-refractivity contribution is 5.76. The molecule has 8 heteroatoms. The topological polar surface area (TPSA) is 93.2 Å². The summed E-state index contributed by atoms with van der Waals surface area (Å²) >= 11 is 0. The van der Waals surface area contributed by atoms with Crippen LogP contribution in [0, 0.1) is 17.7 Å². The molecule has 1 fully saturated rings. The van der Waals surface area contributed by atoms with Gasteiger partial charge >= 0.3 is 11.7 Å². The van der Waals surface area contributed by atoms with E-state index in [-0.39, 0.29) is 5.92 Å². The highest BCUT2D eigenvalue weighted by Crippen LogP contribution is 2.30. The first-order chi connectivity index (χ1) is 10.9. The van der Waals surface area contributed by atoms with Gasteiger partial charge in [-0.25, -0.2) is 14.2 Å². The summed E-state index contributed by atoms with van der Waals surface area (Å²) in [6, 6.07) is -0.748. The molecule has 128 valence electrons. The van der Waals surface area contributed by atoms with Crippen LogP contribution in [0.15, 0.2) is 15.8 Å². The van der Waals surface area contributed by atoms with E-state index in [1.165, 1.54) is 0 Å². The highest BCUT2D eigenvalue weighted by atomic mass is 19.1. The van der Waals surface area contributed by atoms with Crippen molar-refractivity contribution in [2.45, 2.75) is 38.7 Å². The number of halogens is 1. The van der Waals surface area contributed by atoms with Gasteiger partial charge in [0.15, 0.2) is 0 Å². The zero-order valence-corrected chi connectivity index (χ0v) is 13.3. The average Bonchev–Trinajstić information content (AvgIpc) is 2.55. The first kappa shape index (κ1) is 17.4. The summed E-state index contributed by atoms with van der Waals surface area (Å²) in [6.45, 7) is 2.42. The standard InChI is InChI=1S/C15H22FN3O4/c1-9(10-3-5-11(23-2)6-4-10)7-17-14(21)19-8-12(16)13(20)18-15(19)22/h8-11H,3-7H2,1-2H3,(H,17,21)(H,18,20,22). The molecule has 1 amide bonds. The Bertz CT molecular complexity index is 661. The lowest BCUT2D eigenvalue weighted by atomic mass is 9.79. The summed E-state index contributed by atoms with van der Waals surface area (Å²) in [4.78, 5) is 36.2. The number of rotatable bonds is 4. The van der Waals surface area contributed by atoms with Crippen LogP contribution in [0.1, 0.15) is 32.6 Å². The van der Waals surface area contributed by atoms with Crippen molar-refractivity contribution in [3.8, 4) is 0 Å².